The molecule has 5 rings (SSSR count). The first kappa shape index (κ1) is 24.5. The summed E-state index contributed by atoms with van der Waals surface area (Å²) >= 11 is 0. The molecule has 2 amide bonds. The van der Waals surface area contributed by atoms with Crippen LogP contribution in [0.2, 0.25) is 0 Å². The number of alkyl halides is 3. The van der Waals surface area contributed by atoms with E-state index in [9.17, 15) is 22.4 Å². The molecule has 6 nitrogen and oxygen atoms in total. The number of benzene rings is 3. The SMILES string of the molecule is CC1CN(C(=O)Nc2ccc(C(F)(F)F)cc2)CCN1c1nnc(-c2ccc(F)cc2)c2ccccc12. The van der Waals surface area contributed by atoms with Gasteiger partial charge in [0, 0.05) is 47.7 Å². The zero-order valence-electron chi connectivity index (χ0n) is 19.8. The van der Waals surface area contributed by atoms with Crippen molar-refractivity contribution in [3.8, 4) is 11.3 Å². The van der Waals surface area contributed by atoms with Crippen molar-refractivity contribution in [2.45, 2.75) is 19.1 Å². The number of carbonyl (C=O) groups is 1. The second kappa shape index (κ2) is 9.68. The zero-order valence-corrected chi connectivity index (χ0v) is 19.8. The molecule has 0 radical (unpaired) electrons. The van der Waals surface area contributed by atoms with Gasteiger partial charge in [-0.2, -0.15) is 13.2 Å². The highest BCUT2D eigenvalue weighted by Crippen LogP contribution is 2.33. The predicted molar refractivity (Wildman–Crippen MR) is 134 cm³/mol. The summed E-state index contributed by atoms with van der Waals surface area (Å²) in [5.41, 5.74) is 0.934. The smallest absolute Gasteiger partial charge is 0.348 e. The van der Waals surface area contributed by atoms with Gasteiger partial charge in [0.1, 0.15) is 11.5 Å². The Kier molecular flexibility index (Phi) is 6.41. The largest absolute Gasteiger partial charge is 0.416 e. The fourth-order valence-corrected chi connectivity index (χ4v) is 4.52. The zero-order chi connectivity index (χ0) is 26.2. The van der Waals surface area contributed by atoms with Gasteiger partial charge in [-0.1, -0.05) is 24.3 Å². The van der Waals surface area contributed by atoms with Crippen LogP contribution in [0.1, 0.15) is 12.5 Å². The number of anilines is 2. The van der Waals surface area contributed by atoms with E-state index in [1.807, 2.05) is 31.2 Å². The van der Waals surface area contributed by atoms with E-state index in [1.165, 1.54) is 24.3 Å². The van der Waals surface area contributed by atoms with Crippen LogP contribution < -0.4 is 10.2 Å². The average molecular weight is 510 g/mol. The molecule has 0 saturated carbocycles. The third-order valence-electron chi connectivity index (χ3n) is 6.44. The van der Waals surface area contributed by atoms with Crippen molar-refractivity contribution in [3.63, 3.8) is 0 Å². The standard InChI is InChI=1S/C27H23F4N5O/c1-17-16-35(26(37)32-21-12-8-19(9-13-21)27(29,30)31)14-15-36(17)25-23-5-3-2-4-22(23)24(33-34-25)18-6-10-20(28)11-7-18/h2-13,17H,14-16H2,1H3,(H,32,37). The van der Waals surface area contributed by atoms with Crippen LogP contribution in [0.15, 0.2) is 72.8 Å². The first-order chi connectivity index (χ1) is 17.7. The number of rotatable bonds is 3. The van der Waals surface area contributed by atoms with Gasteiger partial charge in [-0.3, -0.25) is 0 Å². The topological polar surface area (TPSA) is 61.4 Å². The van der Waals surface area contributed by atoms with Crippen LogP contribution in [0.3, 0.4) is 0 Å². The number of fused-ring (bicyclic) bond motifs is 1. The van der Waals surface area contributed by atoms with Crippen LogP contribution in [0.4, 0.5) is 33.9 Å². The third-order valence-corrected chi connectivity index (χ3v) is 6.44. The van der Waals surface area contributed by atoms with E-state index < -0.39 is 11.7 Å². The number of carbonyl (C=O) groups excluding carboxylic acids is 1. The highest BCUT2D eigenvalue weighted by atomic mass is 19.4. The van der Waals surface area contributed by atoms with Crippen LogP contribution in [0.5, 0.6) is 0 Å². The van der Waals surface area contributed by atoms with E-state index in [-0.39, 0.29) is 17.9 Å². The highest BCUT2D eigenvalue weighted by Gasteiger charge is 2.31. The molecule has 3 aromatic carbocycles. The van der Waals surface area contributed by atoms with Gasteiger partial charge >= 0.3 is 12.2 Å². The summed E-state index contributed by atoms with van der Waals surface area (Å²) in [5, 5.41) is 13.4. The van der Waals surface area contributed by atoms with E-state index >= 15 is 0 Å². The second-order valence-electron chi connectivity index (χ2n) is 8.92. The molecule has 1 atom stereocenters. The van der Waals surface area contributed by atoms with Crippen LogP contribution >= 0.6 is 0 Å². The maximum Gasteiger partial charge on any atom is 0.416 e. The maximum atomic E-state index is 13.4. The van der Waals surface area contributed by atoms with Crippen molar-refractivity contribution in [2.75, 3.05) is 29.9 Å². The summed E-state index contributed by atoms with van der Waals surface area (Å²) in [6.45, 7) is 3.26. The molecule has 1 aliphatic rings. The van der Waals surface area contributed by atoms with Crippen LogP contribution in [-0.4, -0.2) is 46.8 Å². The molecular weight excluding hydrogens is 486 g/mol. The van der Waals surface area contributed by atoms with E-state index in [1.54, 1.807) is 17.0 Å². The van der Waals surface area contributed by atoms with E-state index in [0.717, 1.165) is 28.5 Å². The van der Waals surface area contributed by atoms with E-state index in [4.69, 9.17) is 0 Å². The predicted octanol–water partition coefficient (Wildman–Crippen LogP) is 6.20. The van der Waals surface area contributed by atoms with Gasteiger partial charge in [0.05, 0.1) is 5.56 Å². The number of piperazine rings is 1. The lowest BCUT2D eigenvalue weighted by molar-refractivity contribution is -0.137. The van der Waals surface area contributed by atoms with Gasteiger partial charge < -0.3 is 15.1 Å². The molecule has 1 aromatic heterocycles. The summed E-state index contributed by atoms with van der Waals surface area (Å²) in [4.78, 5) is 16.5. The Labute approximate surface area is 210 Å². The minimum Gasteiger partial charge on any atom is -0.348 e. The molecule has 1 N–H and O–H groups in total. The average Bonchev–Trinajstić information content (AvgIpc) is 2.88. The van der Waals surface area contributed by atoms with Crippen LogP contribution in [0, 0.1) is 5.82 Å². The molecule has 37 heavy (non-hydrogen) atoms. The molecule has 0 bridgehead atoms. The van der Waals surface area contributed by atoms with Gasteiger partial charge in [0.2, 0.25) is 0 Å². The summed E-state index contributed by atoms with van der Waals surface area (Å²) in [7, 11) is 0. The van der Waals surface area contributed by atoms with Crippen molar-refractivity contribution in [3.05, 3.63) is 84.2 Å². The number of nitrogens with one attached hydrogen (secondary N) is 1. The number of halogens is 4. The Hall–Kier alpha value is -4.21. The fraction of sp³-hybridized carbons (Fsp3) is 0.222. The summed E-state index contributed by atoms with van der Waals surface area (Å²) in [6, 6.07) is 17.7. The van der Waals surface area contributed by atoms with Crippen molar-refractivity contribution in [2.24, 2.45) is 0 Å². The molecule has 1 aliphatic heterocycles. The Morgan fingerprint density at radius 1 is 0.919 bits per heavy atom. The quantitative estimate of drug-likeness (QED) is 0.334. The minimum atomic E-state index is -4.43. The number of aromatic nitrogens is 2. The van der Waals surface area contributed by atoms with Crippen LogP contribution in [-0.2, 0) is 6.18 Å². The number of hydrogen-bond donors (Lipinski definition) is 1. The van der Waals surface area contributed by atoms with Gasteiger partial charge in [0.15, 0.2) is 5.82 Å². The molecule has 0 aliphatic carbocycles. The molecule has 1 fully saturated rings. The molecule has 4 aromatic rings. The molecule has 190 valence electrons. The van der Waals surface area contributed by atoms with Crippen LogP contribution in [0.25, 0.3) is 22.0 Å². The lowest BCUT2D eigenvalue weighted by Gasteiger charge is -2.40. The molecular formula is C27H23F4N5O. The fourth-order valence-electron chi connectivity index (χ4n) is 4.52. The summed E-state index contributed by atoms with van der Waals surface area (Å²) in [6.07, 6.45) is -4.43. The van der Waals surface area contributed by atoms with Crippen molar-refractivity contribution in [1.82, 2.24) is 15.1 Å². The van der Waals surface area contributed by atoms with Gasteiger partial charge in [-0.05, 0) is 55.5 Å². The summed E-state index contributed by atoms with van der Waals surface area (Å²) in [5.74, 6) is 0.364. The highest BCUT2D eigenvalue weighted by molar-refractivity contribution is 6.00. The first-order valence-electron chi connectivity index (χ1n) is 11.7. The molecule has 2 heterocycles. The van der Waals surface area contributed by atoms with Gasteiger partial charge in [0.25, 0.3) is 0 Å². The van der Waals surface area contributed by atoms with Crippen molar-refractivity contribution < 1.29 is 22.4 Å². The maximum absolute atomic E-state index is 13.4. The van der Waals surface area contributed by atoms with Gasteiger partial charge in [-0.15, -0.1) is 10.2 Å². The van der Waals surface area contributed by atoms with E-state index in [0.29, 0.717) is 36.8 Å². The van der Waals surface area contributed by atoms with Crippen molar-refractivity contribution >= 4 is 28.3 Å². The molecule has 10 heteroatoms. The lowest BCUT2D eigenvalue weighted by atomic mass is 10.0. The number of urea groups is 1. The van der Waals surface area contributed by atoms with Gasteiger partial charge in [-0.25, -0.2) is 9.18 Å². The Morgan fingerprint density at radius 3 is 2.24 bits per heavy atom. The minimum absolute atomic E-state index is 0.0958. The Balaban J connectivity index is 1.32. The number of hydrogen-bond acceptors (Lipinski definition) is 4. The Bertz CT molecular complexity index is 1420. The molecule has 1 unspecified atom stereocenters. The number of nitrogens with zero attached hydrogens (tertiary/aromatic N) is 4. The number of amides is 2. The second-order valence-corrected chi connectivity index (χ2v) is 8.92. The lowest BCUT2D eigenvalue weighted by Crippen LogP contribution is -2.55. The normalized spacial score (nSPS) is 16.2. The molecule has 0 spiro atoms. The first-order valence-corrected chi connectivity index (χ1v) is 11.7. The molecule has 1 saturated heterocycles. The third kappa shape index (κ3) is 5.04. The summed E-state index contributed by atoms with van der Waals surface area (Å²) < 4.78 is 51.8. The van der Waals surface area contributed by atoms with E-state index in [2.05, 4.69) is 20.4 Å². The Morgan fingerprint density at radius 2 is 1.59 bits per heavy atom. The van der Waals surface area contributed by atoms with Crippen molar-refractivity contribution in [1.29, 1.82) is 0 Å². The monoisotopic (exact) mass is 509 g/mol.